The summed E-state index contributed by atoms with van der Waals surface area (Å²) in [5, 5.41) is 0. The molecule has 62 valence electrons. The fraction of sp³-hybridized carbons (Fsp3) is 0.125. The Labute approximate surface area is 112 Å². The standard InChI is InChI=1S/C8H9NS2.Ca.2H/c9-8(10)11-6-7-4-2-1-3-5-7;;;/h1-5H,6H2,(H2,9,10);;;. The van der Waals surface area contributed by atoms with Crippen molar-refractivity contribution in [1.82, 2.24) is 0 Å². The molecule has 1 nitrogen and oxygen atoms in total. The van der Waals surface area contributed by atoms with Gasteiger partial charge in [0.1, 0.15) is 4.32 Å². The van der Waals surface area contributed by atoms with E-state index in [0.29, 0.717) is 4.32 Å². The zero-order valence-electron chi connectivity index (χ0n) is 5.99. The van der Waals surface area contributed by atoms with Crippen LogP contribution in [0.4, 0.5) is 0 Å². The van der Waals surface area contributed by atoms with Gasteiger partial charge in [-0.25, -0.2) is 0 Å². The van der Waals surface area contributed by atoms with Crippen molar-refractivity contribution in [3.63, 3.8) is 0 Å². The molecule has 0 atom stereocenters. The van der Waals surface area contributed by atoms with E-state index in [1.54, 1.807) is 0 Å². The third-order valence-electron chi connectivity index (χ3n) is 1.22. The Balaban J connectivity index is 0.00000121. The van der Waals surface area contributed by atoms with Gasteiger partial charge in [0.15, 0.2) is 0 Å². The SMILES string of the molecule is NC(=S)SCc1ccccc1.[CaH2]. The molecule has 1 aromatic carbocycles. The summed E-state index contributed by atoms with van der Waals surface area (Å²) in [5.74, 6) is 0.871. The van der Waals surface area contributed by atoms with Crippen molar-refractivity contribution in [2.24, 2.45) is 5.73 Å². The molecule has 1 aromatic rings. The van der Waals surface area contributed by atoms with Gasteiger partial charge in [0.05, 0.1) is 0 Å². The Morgan fingerprint density at radius 2 is 1.92 bits per heavy atom. The van der Waals surface area contributed by atoms with Crippen molar-refractivity contribution in [3.8, 4) is 0 Å². The van der Waals surface area contributed by atoms with E-state index in [9.17, 15) is 0 Å². The monoisotopic (exact) mass is 225 g/mol. The van der Waals surface area contributed by atoms with Crippen molar-refractivity contribution >= 4 is 66.0 Å². The predicted molar refractivity (Wildman–Crippen MR) is 63.1 cm³/mol. The molecule has 4 heteroatoms. The number of hydrogen-bond acceptors (Lipinski definition) is 2. The van der Waals surface area contributed by atoms with Crippen LogP contribution in [-0.4, -0.2) is 42.1 Å². The Bertz CT molecular complexity index is 238. The minimum absolute atomic E-state index is 0. The zero-order valence-corrected chi connectivity index (χ0v) is 7.62. The molecule has 0 radical (unpaired) electrons. The first-order valence-corrected chi connectivity index (χ1v) is 4.64. The Morgan fingerprint density at radius 1 is 1.33 bits per heavy atom. The molecule has 0 spiro atoms. The molecule has 0 heterocycles. The van der Waals surface area contributed by atoms with E-state index in [4.69, 9.17) is 18.0 Å². The van der Waals surface area contributed by atoms with Crippen molar-refractivity contribution in [1.29, 1.82) is 0 Å². The summed E-state index contributed by atoms with van der Waals surface area (Å²) >= 11 is 6.23. The van der Waals surface area contributed by atoms with Gasteiger partial charge >= 0.3 is 37.7 Å². The van der Waals surface area contributed by atoms with Crippen LogP contribution in [-0.2, 0) is 5.75 Å². The predicted octanol–water partition coefficient (Wildman–Crippen LogP) is 1.25. The molecule has 0 fully saturated rings. The summed E-state index contributed by atoms with van der Waals surface area (Å²) in [5.41, 5.74) is 6.59. The molecule has 0 saturated heterocycles. The van der Waals surface area contributed by atoms with Gasteiger partial charge in [-0.2, -0.15) is 0 Å². The summed E-state index contributed by atoms with van der Waals surface area (Å²) in [7, 11) is 0. The van der Waals surface area contributed by atoms with Crippen molar-refractivity contribution in [3.05, 3.63) is 35.9 Å². The summed E-state index contributed by atoms with van der Waals surface area (Å²) < 4.78 is 0.508. The molecule has 0 saturated carbocycles. The first-order chi connectivity index (χ1) is 5.29. The number of nitrogens with two attached hydrogens (primary N) is 1. The molecule has 0 unspecified atom stereocenters. The molecule has 0 bridgehead atoms. The van der Waals surface area contributed by atoms with Crippen LogP contribution in [0, 0.1) is 0 Å². The van der Waals surface area contributed by atoms with E-state index in [1.807, 2.05) is 18.2 Å². The number of benzene rings is 1. The second-order valence-electron chi connectivity index (χ2n) is 2.09. The number of thiocarbonyl (C=S) groups is 1. The van der Waals surface area contributed by atoms with Crippen LogP contribution >= 0.6 is 24.0 Å². The second kappa shape index (κ2) is 7.15. The van der Waals surface area contributed by atoms with Gasteiger partial charge in [0, 0.05) is 5.75 Å². The quantitative estimate of drug-likeness (QED) is 0.606. The Kier molecular flexibility index (Phi) is 7.58. The maximum absolute atomic E-state index is 5.33. The maximum atomic E-state index is 5.33. The van der Waals surface area contributed by atoms with Crippen LogP contribution in [0.15, 0.2) is 30.3 Å². The van der Waals surface area contributed by atoms with Crippen LogP contribution in [0.25, 0.3) is 0 Å². The molecular weight excluding hydrogens is 214 g/mol. The Morgan fingerprint density at radius 3 is 2.42 bits per heavy atom. The Hall–Kier alpha value is 0.720. The van der Waals surface area contributed by atoms with Crippen LogP contribution in [0.3, 0.4) is 0 Å². The van der Waals surface area contributed by atoms with E-state index in [0.717, 1.165) is 5.75 Å². The summed E-state index contributed by atoms with van der Waals surface area (Å²) in [4.78, 5) is 0. The van der Waals surface area contributed by atoms with Crippen molar-refractivity contribution in [2.75, 3.05) is 0 Å². The van der Waals surface area contributed by atoms with Crippen LogP contribution < -0.4 is 5.73 Å². The fourth-order valence-corrected chi connectivity index (χ4v) is 1.41. The van der Waals surface area contributed by atoms with Gasteiger partial charge in [-0.3, -0.25) is 0 Å². The van der Waals surface area contributed by atoms with E-state index < -0.39 is 0 Å². The molecule has 0 aliphatic rings. The van der Waals surface area contributed by atoms with Crippen molar-refractivity contribution in [2.45, 2.75) is 5.75 Å². The zero-order chi connectivity index (χ0) is 8.10. The van der Waals surface area contributed by atoms with Gasteiger partial charge in [0.25, 0.3) is 0 Å². The van der Waals surface area contributed by atoms with E-state index in [-0.39, 0.29) is 37.7 Å². The van der Waals surface area contributed by atoms with E-state index >= 15 is 0 Å². The minimum atomic E-state index is 0. The first kappa shape index (κ1) is 12.7. The molecule has 12 heavy (non-hydrogen) atoms. The van der Waals surface area contributed by atoms with Crippen LogP contribution in [0.5, 0.6) is 0 Å². The van der Waals surface area contributed by atoms with Gasteiger partial charge < -0.3 is 5.73 Å². The number of thioether (sulfide) groups is 1. The second-order valence-corrected chi connectivity index (χ2v) is 3.81. The van der Waals surface area contributed by atoms with E-state index in [1.165, 1.54) is 17.3 Å². The van der Waals surface area contributed by atoms with Crippen LogP contribution in [0.2, 0.25) is 0 Å². The first-order valence-electron chi connectivity index (χ1n) is 3.25. The summed E-state index contributed by atoms with van der Waals surface area (Å²) in [6, 6.07) is 10.1. The average Bonchev–Trinajstić information content (AvgIpc) is 2.03. The summed E-state index contributed by atoms with van der Waals surface area (Å²) in [6.07, 6.45) is 0. The molecule has 0 aliphatic heterocycles. The molecule has 0 amide bonds. The topological polar surface area (TPSA) is 26.0 Å². The van der Waals surface area contributed by atoms with Gasteiger partial charge in [-0.05, 0) is 5.56 Å². The van der Waals surface area contributed by atoms with Crippen molar-refractivity contribution < 1.29 is 0 Å². The van der Waals surface area contributed by atoms with Crippen LogP contribution in [0.1, 0.15) is 5.56 Å². The fourth-order valence-electron chi connectivity index (χ4n) is 0.729. The normalized spacial score (nSPS) is 8.67. The summed E-state index contributed by atoms with van der Waals surface area (Å²) in [6.45, 7) is 0. The molecule has 2 N–H and O–H groups in total. The molecular formula is C8H11CaNS2. The molecule has 1 rings (SSSR count). The van der Waals surface area contributed by atoms with E-state index in [2.05, 4.69) is 12.1 Å². The third kappa shape index (κ3) is 5.38. The number of hydrogen-bond donors (Lipinski definition) is 1. The third-order valence-corrected chi connectivity index (χ3v) is 2.34. The van der Waals surface area contributed by atoms with Gasteiger partial charge in [-0.1, -0.05) is 54.3 Å². The average molecular weight is 225 g/mol. The molecule has 0 aromatic heterocycles. The number of rotatable bonds is 2. The molecule has 0 aliphatic carbocycles. The van der Waals surface area contributed by atoms with Gasteiger partial charge in [0.2, 0.25) is 0 Å². The van der Waals surface area contributed by atoms with Gasteiger partial charge in [-0.15, -0.1) is 0 Å².